The van der Waals surface area contributed by atoms with Crippen LogP contribution in [0.15, 0.2) is 85.7 Å². The van der Waals surface area contributed by atoms with Crippen molar-refractivity contribution >= 4 is 34.6 Å². The first-order chi connectivity index (χ1) is 26.9. The molecular formula is C42H49FN8O4. The number of anilines is 5. The maximum Gasteiger partial charge on any atom is 0.247 e. The van der Waals surface area contributed by atoms with E-state index in [0.29, 0.717) is 47.2 Å². The zero-order chi connectivity index (χ0) is 37.7. The number of benzene rings is 3. The Morgan fingerprint density at radius 2 is 1.67 bits per heavy atom. The highest BCUT2D eigenvalue weighted by atomic mass is 19.1. The molecule has 4 aliphatic rings. The number of hydroxylamine groups is 1. The number of aromatic nitrogens is 2. The first-order valence-electron chi connectivity index (χ1n) is 19.3. The maximum atomic E-state index is 13.7. The minimum absolute atomic E-state index is 0.119. The van der Waals surface area contributed by atoms with E-state index >= 15 is 0 Å². The van der Waals surface area contributed by atoms with Crippen LogP contribution in [-0.4, -0.2) is 90.7 Å². The van der Waals surface area contributed by atoms with Crippen molar-refractivity contribution < 1.29 is 23.5 Å². The molecule has 0 radical (unpaired) electrons. The Kier molecular flexibility index (Phi) is 11.1. The molecule has 3 aromatic carbocycles. The van der Waals surface area contributed by atoms with E-state index in [-0.39, 0.29) is 24.4 Å². The van der Waals surface area contributed by atoms with Gasteiger partial charge >= 0.3 is 0 Å². The van der Waals surface area contributed by atoms with E-state index in [1.807, 2.05) is 48.5 Å². The standard InChI is InChI=1S/C42H49FN8O4/c1-3-42(52)47-35-24-36(39(53-2)25-38(35)50-15-12-33(13-16-50)49-19-17-48(18-20-49)32-10-11-32)46-40-26-41(45-28-44-40)51-37(14-21-55-51)30-7-5-9-34(23-30)54-27-29-6-4-8-31(43)22-29/h3-9,22-26,28,32-33,37H,1,10-21,27H2,2H3,(H,47,52)(H,44,45,46)/t37-/m1/s1. The average Bonchev–Trinajstić information content (AvgIpc) is 3.96. The predicted octanol–water partition coefficient (Wildman–Crippen LogP) is 6.70. The van der Waals surface area contributed by atoms with E-state index in [2.05, 4.69) is 41.9 Å². The molecule has 1 amide bonds. The number of carbonyl (C=O) groups is 1. The van der Waals surface area contributed by atoms with Gasteiger partial charge < -0.3 is 25.0 Å². The van der Waals surface area contributed by atoms with Gasteiger partial charge in [0.2, 0.25) is 5.91 Å². The number of carbonyl (C=O) groups excluding carboxylic acids is 1. The van der Waals surface area contributed by atoms with Crippen molar-refractivity contribution in [1.82, 2.24) is 19.8 Å². The van der Waals surface area contributed by atoms with Crippen molar-refractivity contribution in [2.24, 2.45) is 0 Å². The summed E-state index contributed by atoms with van der Waals surface area (Å²) < 4.78 is 25.6. The third-order valence-electron chi connectivity index (χ3n) is 11.1. The lowest BCUT2D eigenvalue weighted by atomic mass is 10.0. The molecule has 1 aromatic heterocycles. The van der Waals surface area contributed by atoms with Gasteiger partial charge in [-0.1, -0.05) is 30.8 Å². The van der Waals surface area contributed by atoms with E-state index < -0.39 is 0 Å². The minimum Gasteiger partial charge on any atom is -0.494 e. The third-order valence-corrected chi connectivity index (χ3v) is 11.1. The lowest BCUT2D eigenvalue weighted by molar-refractivity contribution is -0.111. The number of nitrogens with zero attached hydrogens (tertiary/aromatic N) is 6. The van der Waals surface area contributed by atoms with E-state index in [9.17, 15) is 9.18 Å². The van der Waals surface area contributed by atoms with Crippen LogP contribution >= 0.6 is 0 Å². The molecule has 2 N–H and O–H groups in total. The summed E-state index contributed by atoms with van der Waals surface area (Å²) in [5.41, 5.74) is 3.98. The fourth-order valence-electron chi connectivity index (χ4n) is 8.04. The van der Waals surface area contributed by atoms with Crippen LogP contribution in [0, 0.1) is 5.82 Å². The first kappa shape index (κ1) is 36.7. The van der Waals surface area contributed by atoms with Crippen LogP contribution in [0.25, 0.3) is 0 Å². The predicted molar refractivity (Wildman–Crippen MR) is 212 cm³/mol. The summed E-state index contributed by atoms with van der Waals surface area (Å²) >= 11 is 0. The first-order valence-corrected chi connectivity index (χ1v) is 19.3. The Balaban J connectivity index is 0.963. The summed E-state index contributed by atoms with van der Waals surface area (Å²) in [5.74, 6) is 1.84. The molecule has 1 aliphatic carbocycles. The molecular weight excluding hydrogens is 700 g/mol. The highest BCUT2D eigenvalue weighted by molar-refractivity contribution is 6.02. The van der Waals surface area contributed by atoms with Crippen LogP contribution in [0.5, 0.6) is 11.5 Å². The summed E-state index contributed by atoms with van der Waals surface area (Å²) in [5, 5.41) is 8.24. The summed E-state index contributed by atoms with van der Waals surface area (Å²) in [7, 11) is 1.64. The van der Waals surface area contributed by atoms with Crippen LogP contribution in [0.2, 0.25) is 0 Å². The molecule has 1 saturated carbocycles. The van der Waals surface area contributed by atoms with Crippen molar-refractivity contribution in [2.75, 3.05) is 73.6 Å². The SMILES string of the molecule is C=CC(=O)Nc1cc(Nc2cc(N3OCC[C@@H]3c3cccc(OCc4cccc(F)c4)c3)ncn2)c(OC)cc1N1CCC(N2CCN(C3CC3)CC2)CC1. The van der Waals surface area contributed by atoms with Crippen molar-refractivity contribution in [1.29, 1.82) is 0 Å². The van der Waals surface area contributed by atoms with E-state index in [1.54, 1.807) is 18.2 Å². The number of piperazine rings is 1. The van der Waals surface area contributed by atoms with Crippen LogP contribution in [0.4, 0.5) is 33.1 Å². The smallest absolute Gasteiger partial charge is 0.247 e. The van der Waals surface area contributed by atoms with Gasteiger partial charge in [-0.25, -0.2) is 19.4 Å². The van der Waals surface area contributed by atoms with Gasteiger partial charge in [0.1, 0.15) is 36.1 Å². The number of ether oxygens (including phenoxy) is 2. The number of piperidine rings is 1. The van der Waals surface area contributed by atoms with Crippen LogP contribution in [0.1, 0.15) is 49.3 Å². The number of methoxy groups -OCH3 is 1. The summed E-state index contributed by atoms with van der Waals surface area (Å²) in [6, 6.07) is 21.2. The van der Waals surface area contributed by atoms with E-state index in [0.717, 1.165) is 68.3 Å². The topological polar surface area (TPSA) is 108 Å². The molecule has 3 saturated heterocycles. The zero-order valence-electron chi connectivity index (χ0n) is 31.3. The molecule has 12 nitrogen and oxygen atoms in total. The molecule has 3 aliphatic heterocycles. The molecule has 0 spiro atoms. The molecule has 4 aromatic rings. The quantitative estimate of drug-likeness (QED) is 0.143. The number of amides is 1. The summed E-state index contributed by atoms with van der Waals surface area (Å²) in [6.07, 6.45) is 8.38. The fraction of sp³-hybridized carbons (Fsp3) is 0.405. The van der Waals surface area contributed by atoms with Crippen LogP contribution in [0.3, 0.4) is 0 Å². The third kappa shape index (κ3) is 8.69. The molecule has 4 heterocycles. The Bertz CT molecular complexity index is 1980. The molecule has 13 heteroatoms. The number of nitrogens with one attached hydrogen (secondary N) is 2. The molecule has 288 valence electrons. The maximum absolute atomic E-state index is 13.7. The Morgan fingerprint density at radius 1 is 0.909 bits per heavy atom. The average molecular weight is 749 g/mol. The molecule has 1 atom stereocenters. The van der Waals surface area contributed by atoms with Crippen molar-refractivity contribution in [3.8, 4) is 11.5 Å². The highest BCUT2D eigenvalue weighted by Crippen LogP contribution is 2.41. The zero-order valence-corrected chi connectivity index (χ0v) is 31.3. The lowest BCUT2D eigenvalue weighted by Gasteiger charge is -2.43. The molecule has 8 rings (SSSR count). The second-order valence-corrected chi connectivity index (χ2v) is 14.6. The van der Waals surface area contributed by atoms with Crippen molar-refractivity contribution in [2.45, 2.75) is 56.8 Å². The van der Waals surface area contributed by atoms with Gasteiger partial charge in [-0.3, -0.25) is 19.4 Å². The van der Waals surface area contributed by atoms with Crippen molar-refractivity contribution in [3.63, 3.8) is 0 Å². The Hall–Kier alpha value is -5.24. The second kappa shape index (κ2) is 16.6. The Labute approximate surface area is 321 Å². The monoisotopic (exact) mass is 748 g/mol. The van der Waals surface area contributed by atoms with Gasteiger partial charge in [0, 0.05) is 69.9 Å². The van der Waals surface area contributed by atoms with Gasteiger partial charge in [-0.15, -0.1) is 0 Å². The molecule has 55 heavy (non-hydrogen) atoms. The molecule has 0 bridgehead atoms. The second-order valence-electron chi connectivity index (χ2n) is 14.6. The van der Waals surface area contributed by atoms with Gasteiger partial charge in [-0.2, -0.15) is 0 Å². The minimum atomic E-state index is -0.290. The Morgan fingerprint density at radius 3 is 2.40 bits per heavy atom. The molecule has 4 fully saturated rings. The molecule has 0 unspecified atom stereocenters. The largest absolute Gasteiger partial charge is 0.494 e. The fourth-order valence-corrected chi connectivity index (χ4v) is 8.04. The van der Waals surface area contributed by atoms with Crippen molar-refractivity contribution in [3.05, 3.63) is 103 Å². The van der Waals surface area contributed by atoms with Crippen LogP contribution in [-0.2, 0) is 16.2 Å². The van der Waals surface area contributed by atoms with Gasteiger partial charge in [0.15, 0.2) is 5.82 Å². The van der Waals surface area contributed by atoms with Gasteiger partial charge in [-0.05, 0) is 73.2 Å². The number of rotatable bonds is 13. The summed E-state index contributed by atoms with van der Waals surface area (Å²) in [6.45, 7) is 10.9. The normalized spacial score (nSPS) is 19.6. The highest BCUT2D eigenvalue weighted by Gasteiger charge is 2.34. The number of hydrogen-bond donors (Lipinski definition) is 2. The van der Waals surface area contributed by atoms with Gasteiger partial charge in [0.25, 0.3) is 0 Å². The van der Waals surface area contributed by atoms with E-state index in [1.165, 1.54) is 50.5 Å². The number of hydrogen-bond acceptors (Lipinski definition) is 11. The van der Waals surface area contributed by atoms with Crippen LogP contribution < -0.4 is 30.1 Å². The van der Waals surface area contributed by atoms with E-state index in [4.69, 9.17) is 14.3 Å². The number of halogens is 1. The summed E-state index contributed by atoms with van der Waals surface area (Å²) in [4.78, 5) is 35.5. The van der Waals surface area contributed by atoms with Gasteiger partial charge in [0.05, 0.1) is 36.8 Å². The lowest BCUT2D eigenvalue weighted by Crippen LogP contribution is -2.53.